The molecule has 2 N–H and O–H groups in total. The van der Waals surface area contributed by atoms with Gasteiger partial charge in [0.2, 0.25) is 0 Å². The Morgan fingerprint density at radius 2 is 2.22 bits per heavy atom. The maximum absolute atomic E-state index is 11.2. The monoisotopic (exact) mass is 284 g/mol. The number of quaternary nitrogens is 1. The summed E-state index contributed by atoms with van der Waals surface area (Å²) in [7, 11) is 1.75. The first-order chi connectivity index (χ1) is 8.69. The highest BCUT2D eigenvalue weighted by Gasteiger charge is 2.27. The van der Waals surface area contributed by atoms with Gasteiger partial charge in [0.15, 0.2) is 0 Å². The van der Waals surface area contributed by atoms with E-state index in [2.05, 4.69) is 10.4 Å². The molecule has 1 fully saturated rings. The number of nitrogens with one attached hydrogen (secondary N) is 2. The molecule has 4 nitrogen and oxygen atoms in total. The van der Waals surface area contributed by atoms with Gasteiger partial charge in [0.1, 0.15) is 6.54 Å². The third-order valence-corrected chi connectivity index (χ3v) is 4.07. The predicted octanol–water partition coefficient (Wildman–Crippen LogP) is 0.879. The summed E-state index contributed by atoms with van der Waals surface area (Å²) in [6, 6.07) is 7.76. The van der Waals surface area contributed by atoms with Gasteiger partial charge in [-0.15, -0.1) is 0 Å². The number of carbonyl (C=O) groups is 1. The Labute approximate surface area is 115 Å². The van der Waals surface area contributed by atoms with E-state index in [1.165, 1.54) is 5.56 Å². The molecule has 1 unspecified atom stereocenters. The van der Waals surface area contributed by atoms with Crippen LogP contribution in [0.5, 0.6) is 0 Å². The van der Waals surface area contributed by atoms with Gasteiger partial charge in [-0.3, -0.25) is 4.79 Å². The summed E-state index contributed by atoms with van der Waals surface area (Å²) in [5, 5.41) is 2.60. The summed E-state index contributed by atoms with van der Waals surface area (Å²) in [6.07, 6.45) is 0.565. The highest BCUT2D eigenvalue weighted by molar-refractivity contribution is 8.12. The number of nitrogens with zero attached hydrogens (tertiary/aromatic N) is 1. The van der Waals surface area contributed by atoms with E-state index >= 15 is 0 Å². The quantitative estimate of drug-likeness (QED) is 0.626. The molecule has 1 aliphatic rings. The van der Waals surface area contributed by atoms with Gasteiger partial charge in [-0.1, -0.05) is 23.7 Å². The number of aliphatic imine (C=N–C) groups is 1. The summed E-state index contributed by atoms with van der Waals surface area (Å²) < 4.78 is 0. The molecule has 18 heavy (non-hydrogen) atoms. The van der Waals surface area contributed by atoms with E-state index in [0.29, 0.717) is 6.42 Å². The minimum Gasteiger partial charge on any atom is -0.270 e. The van der Waals surface area contributed by atoms with Crippen molar-refractivity contribution in [1.29, 1.82) is 0 Å². The van der Waals surface area contributed by atoms with Crippen LogP contribution in [0.15, 0.2) is 29.3 Å². The summed E-state index contributed by atoms with van der Waals surface area (Å²) in [4.78, 5) is 15.4. The number of amides is 1. The van der Waals surface area contributed by atoms with Gasteiger partial charge in [0, 0.05) is 17.8 Å². The molecular weight excluding hydrogens is 270 g/mol. The number of carbonyl (C=O) groups excluding carboxylic acids is 1. The number of thioether (sulfide) groups is 1. The van der Waals surface area contributed by atoms with Crippen LogP contribution in [0.2, 0.25) is 5.02 Å². The first-order valence-electron chi connectivity index (χ1n) is 5.69. The Hall–Kier alpha value is -1.04. The number of hydrogen-bond acceptors (Lipinski definition) is 3. The first kappa shape index (κ1) is 13.4. The van der Waals surface area contributed by atoms with Crippen LogP contribution in [0, 0.1) is 0 Å². The van der Waals surface area contributed by atoms with Crippen LogP contribution in [0.25, 0.3) is 0 Å². The zero-order chi connectivity index (χ0) is 13.0. The van der Waals surface area contributed by atoms with E-state index in [0.717, 1.165) is 27.5 Å². The highest BCUT2D eigenvalue weighted by atomic mass is 35.5. The van der Waals surface area contributed by atoms with E-state index in [1.54, 1.807) is 18.8 Å². The third kappa shape index (κ3) is 3.48. The van der Waals surface area contributed by atoms with Crippen molar-refractivity contribution in [2.45, 2.75) is 12.2 Å². The molecule has 1 saturated heterocycles. The van der Waals surface area contributed by atoms with Gasteiger partial charge in [-0.05, 0) is 29.5 Å². The molecule has 0 radical (unpaired) electrons. The lowest BCUT2D eigenvalue weighted by Crippen LogP contribution is -3.18. The van der Waals surface area contributed by atoms with Gasteiger partial charge in [-0.25, -0.2) is 4.99 Å². The van der Waals surface area contributed by atoms with Crippen molar-refractivity contribution in [3.8, 4) is 0 Å². The number of benzene rings is 1. The second kappa shape index (κ2) is 6.22. The standard InChI is InChI=1S/C12H14ClN3OS/c1-14-12(16-7-6-11(17)15-16)18-8-9-2-4-10(13)5-3-9/h2-5H,6-8H2,1H3,(H,15,17)/p+1. The largest absolute Gasteiger partial charge is 0.282 e. The second-order valence-corrected chi connectivity index (χ2v) is 5.37. The fourth-order valence-electron chi connectivity index (χ4n) is 1.71. The molecule has 1 aromatic carbocycles. The summed E-state index contributed by atoms with van der Waals surface area (Å²) in [5.74, 6) is 0.904. The summed E-state index contributed by atoms with van der Waals surface area (Å²) in [6.45, 7) is 0.763. The van der Waals surface area contributed by atoms with Crippen molar-refractivity contribution in [2.24, 2.45) is 4.99 Å². The molecule has 0 spiro atoms. The third-order valence-electron chi connectivity index (χ3n) is 2.64. The molecule has 1 atom stereocenters. The van der Waals surface area contributed by atoms with Gasteiger partial charge >= 0.3 is 0 Å². The van der Waals surface area contributed by atoms with Gasteiger partial charge in [0.05, 0.1) is 6.42 Å². The van der Waals surface area contributed by atoms with Crippen molar-refractivity contribution < 1.29 is 9.80 Å². The van der Waals surface area contributed by atoms with Crippen LogP contribution < -0.4 is 10.4 Å². The molecule has 96 valence electrons. The van der Waals surface area contributed by atoms with Crippen LogP contribution in [0.1, 0.15) is 12.0 Å². The Kier molecular flexibility index (Phi) is 4.63. The van der Waals surface area contributed by atoms with Crippen molar-refractivity contribution >= 4 is 34.4 Å². The molecule has 6 heteroatoms. The number of hydrogen-bond donors (Lipinski definition) is 2. The lowest BCUT2D eigenvalue weighted by Gasteiger charge is -2.11. The molecule has 1 aromatic rings. The average molecular weight is 285 g/mol. The molecule has 0 saturated carbocycles. The molecule has 1 aliphatic heterocycles. The van der Waals surface area contributed by atoms with Crippen LogP contribution in [0.4, 0.5) is 0 Å². The number of halogens is 1. The van der Waals surface area contributed by atoms with Crippen molar-refractivity contribution in [3.63, 3.8) is 0 Å². The van der Waals surface area contributed by atoms with Gasteiger partial charge in [-0.2, -0.15) is 10.4 Å². The Balaban J connectivity index is 1.91. The smallest absolute Gasteiger partial charge is 0.270 e. The average Bonchev–Trinajstić information content (AvgIpc) is 2.79. The number of rotatable bonds is 2. The van der Waals surface area contributed by atoms with Crippen molar-refractivity contribution in [3.05, 3.63) is 34.9 Å². The molecule has 1 heterocycles. The Morgan fingerprint density at radius 3 is 2.78 bits per heavy atom. The van der Waals surface area contributed by atoms with Crippen LogP contribution in [0.3, 0.4) is 0 Å². The Bertz CT molecular complexity index is 461. The maximum atomic E-state index is 11.2. The van der Waals surface area contributed by atoms with E-state index in [9.17, 15) is 4.79 Å². The Morgan fingerprint density at radius 1 is 1.50 bits per heavy atom. The van der Waals surface area contributed by atoms with Crippen LogP contribution >= 0.6 is 23.4 Å². The first-order valence-corrected chi connectivity index (χ1v) is 7.05. The lowest BCUT2D eigenvalue weighted by molar-refractivity contribution is -0.830. The molecule has 1 amide bonds. The fourth-order valence-corrected chi connectivity index (χ4v) is 2.79. The fraction of sp³-hybridized carbons (Fsp3) is 0.333. The van der Waals surface area contributed by atoms with Crippen molar-refractivity contribution in [2.75, 3.05) is 13.6 Å². The lowest BCUT2D eigenvalue weighted by atomic mass is 10.2. The molecule has 0 aromatic heterocycles. The minimum atomic E-state index is 0.0817. The number of amidine groups is 1. The molecule has 0 aliphatic carbocycles. The van der Waals surface area contributed by atoms with Crippen LogP contribution in [-0.4, -0.2) is 24.7 Å². The van der Waals surface area contributed by atoms with E-state index in [-0.39, 0.29) is 5.91 Å². The predicted molar refractivity (Wildman–Crippen MR) is 74.7 cm³/mol. The SMILES string of the molecule is CN=C(SCc1ccc(Cl)cc1)[NH+]1CCC(=O)N1. The topological polar surface area (TPSA) is 45.9 Å². The van der Waals surface area contributed by atoms with Gasteiger partial charge < -0.3 is 0 Å². The molecule has 0 bridgehead atoms. The molecule has 2 rings (SSSR count). The van der Waals surface area contributed by atoms with E-state index < -0.39 is 0 Å². The maximum Gasteiger partial charge on any atom is 0.282 e. The summed E-state index contributed by atoms with van der Waals surface area (Å²) >= 11 is 7.47. The molecular formula is C12H15ClN3OS+. The zero-order valence-electron chi connectivity index (χ0n) is 10.1. The van der Waals surface area contributed by atoms with E-state index in [4.69, 9.17) is 11.6 Å². The van der Waals surface area contributed by atoms with Crippen LogP contribution in [-0.2, 0) is 10.5 Å². The normalized spacial score (nSPS) is 20.0. The van der Waals surface area contributed by atoms with E-state index in [1.807, 2.05) is 24.3 Å². The second-order valence-electron chi connectivity index (χ2n) is 3.97. The zero-order valence-corrected chi connectivity index (χ0v) is 11.6. The van der Waals surface area contributed by atoms with Crippen molar-refractivity contribution in [1.82, 2.24) is 5.43 Å². The van der Waals surface area contributed by atoms with Gasteiger partial charge in [0.25, 0.3) is 11.1 Å². The minimum absolute atomic E-state index is 0.0817. The highest BCUT2D eigenvalue weighted by Crippen LogP contribution is 2.15. The summed E-state index contributed by atoms with van der Waals surface area (Å²) in [5.41, 5.74) is 4.05.